The van der Waals surface area contributed by atoms with Crippen LogP contribution in [0.1, 0.15) is 56.9 Å². The summed E-state index contributed by atoms with van der Waals surface area (Å²) < 4.78 is 0. The number of amides is 2. The summed E-state index contributed by atoms with van der Waals surface area (Å²) in [5.74, 6) is 0.996. The first-order valence-corrected chi connectivity index (χ1v) is 8.83. The molecule has 1 aliphatic heterocycles. The first kappa shape index (κ1) is 16.0. The van der Waals surface area contributed by atoms with Crippen LogP contribution in [0.15, 0.2) is 18.2 Å². The average molecular weight is 314 g/mol. The normalized spacial score (nSPS) is 18.7. The van der Waals surface area contributed by atoms with Crippen LogP contribution in [0.3, 0.4) is 0 Å². The van der Waals surface area contributed by atoms with Crippen molar-refractivity contribution in [1.29, 1.82) is 0 Å². The summed E-state index contributed by atoms with van der Waals surface area (Å²) in [5, 5.41) is 3.02. The maximum atomic E-state index is 12.2. The Balaban J connectivity index is 1.55. The lowest BCUT2D eigenvalue weighted by Gasteiger charge is -2.26. The maximum absolute atomic E-state index is 12.2. The van der Waals surface area contributed by atoms with Crippen LogP contribution >= 0.6 is 0 Å². The van der Waals surface area contributed by atoms with Crippen LogP contribution in [0.5, 0.6) is 0 Å². The summed E-state index contributed by atoms with van der Waals surface area (Å²) in [4.78, 5) is 25.6. The second-order valence-electron chi connectivity index (χ2n) is 6.89. The van der Waals surface area contributed by atoms with Gasteiger partial charge in [0.15, 0.2) is 0 Å². The van der Waals surface area contributed by atoms with Crippen LogP contribution in [-0.2, 0) is 16.0 Å². The van der Waals surface area contributed by atoms with Gasteiger partial charge in [0, 0.05) is 31.3 Å². The largest absolute Gasteiger partial charge is 0.326 e. The van der Waals surface area contributed by atoms with Crippen molar-refractivity contribution in [3.8, 4) is 0 Å². The summed E-state index contributed by atoms with van der Waals surface area (Å²) in [6.07, 6.45) is 9.49. The number of nitrogens with one attached hydrogen (secondary N) is 1. The first-order valence-electron chi connectivity index (χ1n) is 8.83. The van der Waals surface area contributed by atoms with E-state index in [0.717, 1.165) is 35.7 Å². The fraction of sp³-hybridized carbons (Fsp3) is 0.579. The van der Waals surface area contributed by atoms with E-state index in [4.69, 9.17) is 0 Å². The maximum Gasteiger partial charge on any atom is 0.227 e. The molecule has 0 radical (unpaired) electrons. The molecule has 0 atom stereocenters. The van der Waals surface area contributed by atoms with Crippen molar-refractivity contribution in [3.63, 3.8) is 0 Å². The molecule has 0 unspecified atom stereocenters. The first-order chi connectivity index (χ1) is 11.1. The predicted molar refractivity (Wildman–Crippen MR) is 92.6 cm³/mol. The molecule has 1 aromatic carbocycles. The zero-order chi connectivity index (χ0) is 16.2. The zero-order valence-electron chi connectivity index (χ0n) is 13.9. The molecule has 3 rings (SSSR count). The van der Waals surface area contributed by atoms with Gasteiger partial charge in [0.2, 0.25) is 11.8 Å². The van der Waals surface area contributed by atoms with Gasteiger partial charge in [-0.15, -0.1) is 0 Å². The minimum absolute atomic E-state index is 0.107. The number of rotatable bonds is 4. The molecule has 0 saturated heterocycles. The third-order valence-corrected chi connectivity index (χ3v) is 5.21. The molecule has 0 bridgehead atoms. The van der Waals surface area contributed by atoms with E-state index in [0.29, 0.717) is 12.8 Å². The van der Waals surface area contributed by atoms with E-state index in [9.17, 15) is 9.59 Å². The van der Waals surface area contributed by atoms with Crippen molar-refractivity contribution in [2.45, 2.75) is 57.8 Å². The molecule has 1 saturated carbocycles. The van der Waals surface area contributed by atoms with E-state index in [2.05, 4.69) is 5.32 Å². The molecule has 1 fully saturated rings. The topological polar surface area (TPSA) is 49.4 Å². The molecule has 1 aliphatic carbocycles. The molecule has 23 heavy (non-hydrogen) atoms. The number of anilines is 2. The van der Waals surface area contributed by atoms with Gasteiger partial charge in [-0.3, -0.25) is 9.59 Å². The quantitative estimate of drug-likeness (QED) is 0.916. The molecule has 1 heterocycles. The van der Waals surface area contributed by atoms with Gasteiger partial charge in [-0.05, 0) is 42.5 Å². The summed E-state index contributed by atoms with van der Waals surface area (Å²) >= 11 is 0. The van der Waals surface area contributed by atoms with Crippen LogP contribution in [0, 0.1) is 5.92 Å². The Labute approximate surface area is 138 Å². The molecule has 2 aliphatic rings. The molecule has 0 spiro atoms. The Morgan fingerprint density at radius 1 is 1.22 bits per heavy atom. The number of hydrogen-bond acceptors (Lipinski definition) is 2. The number of aryl methyl sites for hydroxylation is 1. The summed E-state index contributed by atoms with van der Waals surface area (Å²) in [5.41, 5.74) is 2.94. The summed E-state index contributed by atoms with van der Waals surface area (Å²) in [6.45, 7) is 0. The van der Waals surface area contributed by atoms with Gasteiger partial charge in [0.1, 0.15) is 0 Å². The number of fused-ring (bicyclic) bond motifs is 1. The lowest BCUT2D eigenvalue weighted by atomic mass is 9.86. The molecular weight excluding hydrogens is 288 g/mol. The Morgan fingerprint density at radius 2 is 2.00 bits per heavy atom. The number of carbonyl (C=O) groups is 2. The molecule has 1 aromatic rings. The van der Waals surface area contributed by atoms with E-state index in [-0.39, 0.29) is 11.8 Å². The zero-order valence-corrected chi connectivity index (χ0v) is 13.9. The SMILES string of the molecule is CN1C(=O)CCc2cc(NC(=O)CCC3CCCCC3)ccc21. The van der Waals surface area contributed by atoms with Crippen molar-refractivity contribution in [2.24, 2.45) is 5.92 Å². The fourth-order valence-electron chi connectivity index (χ4n) is 3.77. The van der Waals surface area contributed by atoms with Crippen molar-refractivity contribution in [3.05, 3.63) is 23.8 Å². The van der Waals surface area contributed by atoms with Crippen LogP contribution in [0.2, 0.25) is 0 Å². The highest BCUT2D eigenvalue weighted by Gasteiger charge is 2.21. The third-order valence-electron chi connectivity index (χ3n) is 5.21. The molecule has 4 nitrogen and oxygen atoms in total. The fourth-order valence-corrected chi connectivity index (χ4v) is 3.77. The van der Waals surface area contributed by atoms with Crippen LogP contribution in [-0.4, -0.2) is 18.9 Å². The third kappa shape index (κ3) is 3.92. The van der Waals surface area contributed by atoms with Gasteiger partial charge < -0.3 is 10.2 Å². The van der Waals surface area contributed by atoms with Crippen LogP contribution < -0.4 is 10.2 Å². The molecular formula is C19H26N2O2. The summed E-state index contributed by atoms with van der Waals surface area (Å²) in [6, 6.07) is 5.84. The summed E-state index contributed by atoms with van der Waals surface area (Å²) in [7, 11) is 1.81. The van der Waals surface area contributed by atoms with Crippen LogP contribution in [0.25, 0.3) is 0 Å². The van der Waals surface area contributed by atoms with Crippen LogP contribution in [0.4, 0.5) is 11.4 Å². The molecule has 4 heteroatoms. The second kappa shape index (κ2) is 7.16. The number of carbonyl (C=O) groups excluding carboxylic acids is 2. The lowest BCUT2D eigenvalue weighted by Crippen LogP contribution is -2.31. The van der Waals surface area contributed by atoms with E-state index in [1.807, 2.05) is 25.2 Å². The van der Waals surface area contributed by atoms with Gasteiger partial charge in [0.25, 0.3) is 0 Å². The standard InChI is InChI=1S/C19H26N2O2/c1-21-17-10-9-16(13-15(17)8-12-19(21)23)20-18(22)11-7-14-5-3-2-4-6-14/h9-10,13-14H,2-8,11-12H2,1H3,(H,20,22). The van der Waals surface area contributed by atoms with E-state index >= 15 is 0 Å². The Kier molecular flexibility index (Phi) is 4.99. The predicted octanol–water partition coefficient (Wildman–Crippen LogP) is 3.89. The lowest BCUT2D eigenvalue weighted by molar-refractivity contribution is -0.118. The average Bonchev–Trinajstić information content (AvgIpc) is 2.57. The van der Waals surface area contributed by atoms with Crippen molar-refractivity contribution < 1.29 is 9.59 Å². The highest BCUT2D eigenvalue weighted by atomic mass is 16.2. The Hall–Kier alpha value is -1.84. The van der Waals surface area contributed by atoms with Gasteiger partial charge >= 0.3 is 0 Å². The molecule has 2 amide bonds. The highest BCUT2D eigenvalue weighted by molar-refractivity contribution is 5.97. The van der Waals surface area contributed by atoms with Crippen molar-refractivity contribution in [1.82, 2.24) is 0 Å². The van der Waals surface area contributed by atoms with E-state index < -0.39 is 0 Å². The number of benzene rings is 1. The second-order valence-corrected chi connectivity index (χ2v) is 6.89. The monoisotopic (exact) mass is 314 g/mol. The number of nitrogens with zero attached hydrogens (tertiary/aromatic N) is 1. The molecule has 1 N–H and O–H groups in total. The minimum atomic E-state index is 0.107. The van der Waals surface area contributed by atoms with Crippen molar-refractivity contribution >= 4 is 23.2 Å². The molecule has 0 aromatic heterocycles. The van der Waals surface area contributed by atoms with Gasteiger partial charge in [-0.1, -0.05) is 32.1 Å². The highest BCUT2D eigenvalue weighted by Crippen LogP contribution is 2.30. The van der Waals surface area contributed by atoms with Gasteiger partial charge in [-0.2, -0.15) is 0 Å². The smallest absolute Gasteiger partial charge is 0.227 e. The van der Waals surface area contributed by atoms with Gasteiger partial charge in [0.05, 0.1) is 0 Å². The number of hydrogen-bond donors (Lipinski definition) is 1. The Bertz CT molecular complexity index is 591. The van der Waals surface area contributed by atoms with Crippen molar-refractivity contribution in [2.75, 3.05) is 17.3 Å². The Morgan fingerprint density at radius 3 is 2.78 bits per heavy atom. The van der Waals surface area contributed by atoms with E-state index in [1.165, 1.54) is 32.1 Å². The minimum Gasteiger partial charge on any atom is -0.326 e. The van der Waals surface area contributed by atoms with Gasteiger partial charge in [-0.25, -0.2) is 0 Å². The molecule has 124 valence electrons. The van der Waals surface area contributed by atoms with E-state index in [1.54, 1.807) is 4.90 Å².